The lowest BCUT2D eigenvalue weighted by Gasteiger charge is -2.11. The second kappa shape index (κ2) is 7.62. The Hall–Kier alpha value is -3.14. The Balaban J connectivity index is 1.66. The first-order valence-electron chi connectivity index (χ1n) is 8.04. The molecule has 3 rings (SSSR count). The first-order chi connectivity index (χ1) is 12.1. The van der Waals surface area contributed by atoms with Crippen molar-refractivity contribution in [2.24, 2.45) is 0 Å². The van der Waals surface area contributed by atoms with Gasteiger partial charge in [-0.3, -0.25) is 4.79 Å². The van der Waals surface area contributed by atoms with Crippen LogP contribution in [0.3, 0.4) is 0 Å². The molecule has 1 aromatic heterocycles. The molecule has 0 amide bonds. The highest BCUT2D eigenvalue weighted by molar-refractivity contribution is 5.93. The second-order valence-electron chi connectivity index (χ2n) is 5.74. The fourth-order valence-electron chi connectivity index (χ4n) is 2.35. The van der Waals surface area contributed by atoms with E-state index in [2.05, 4.69) is 4.98 Å². The molecule has 1 heterocycles. The lowest BCUT2D eigenvalue weighted by Crippen LogP contribution is -1.97. The third-order valence-electron chi connectivity index (χ3n) is 3.75. The van der Waals surface area contributed by atoms with Gasteiger partial charge in [0.2, 0.25) is 5.88 Å². The highest BCUT2D eigenvalue weighted by Crippen LogP contribution is 2.27. The van der Waals surface area contributed by atoms with Gasteiger partial charge in [-0.15, -0.1) is 0 Å². The van der Waals surface area contributed by atoms with Gasteiger partial charge in [0.25, 0.3) is 0 Å². The van der Waals surface area contributed by atoms with Crippen LogP contribution in [-0.4, -0.2) is 10.8 Å². The van der Waals surface area contributed by atoms with Gasteiger partial charge in [-0.2, -0.15) is 0 Å². The van der Waals surface area contributed by atoms with Crippen LogP contribution in [-0.2, 0) is 6.61 Å². The number of carbonyl (C=O) groups excluding carboxylic acids is 1. The summed E-state index contributed by atoms with van der Waals surface area (Å²) >= 11 is 0. The van der Waals surface area contributed by atoms with Gasteiger partial charge in [0, 0.05) is 17.8 Å². The quantitative estimate of drug-likeness (QED) is 0.598. The van der Waals surface area contributed by atoms with E-state index in [9.17, 15) is 4.79 Å². The van der Waals surface area contributed by atoms with Crippen LogP contribution in [0.1, 0.15) is 28.4 Å². The molecule has 0 saturated heterocycles. The lowest BCUT2D eigenvalue weighted by atomic mass is 10.2. The van der Waals surface area contributed by atoms with Crippen LogP contribution in [0.2, 0.25) is 0 Å². The van der Waals surface area contributed by atoms with Gasteiger partial charge >= 0.3 is 0 Å². The Bertz CT molecular complexity index is 858. The summed E-state index contributed by atoms with van der Waals surface area (Å²) in [5, 5.41) is 0. The van der Waals surface area contributed by atoms with Crippen LogP contribution in [0.25, 0.3) is 0 Å². The monoisotopic (exact) mass is 333 g/mol. The van der Waals surface area contributed by atoms with Gasteiger partial charge in [0.1, 0.15) is 18.1 Å². The van der Waals surface area contributed by atoms with E-state index < -0.39 is 0 Å². The van der Waals surface area contributed by atoms with Gasteiger partial charge in [0.05, 0.1) is 0 Å². The third-order valence-corrected chi connectivity index (χ3v) is 3.75. The van der Waals surface area contributed by atoms with Crippen molar-refractivity contribution in [3.8, 4) is 17.4 Å². The highest BCUT2D eigenvalue weighted by atomic mass is 16.5. The van der Waals surface area contributed by atoms with Crippen molar-refractivity contribution in [2.75, 3.05) is 0 Å². The predicted octanol–water partition coefficient (Wildman–Crippen LogP) is 4.96. The molecule has 0 N–H and O–H groups in total. The van der Waals surface area contributed by atoms with E-state index in [0.717, 1.165) is 16.9 Å². The van der Waals surface area contributed by atoms with E-state index in [4.69, 9.17) is 9.47 Å². The molecule has 25 heavy (non-hydrogen) atoms. The summed E-state index contributed by atoms with van der Waals surface area (Å²) < 4.78 is 11.6. The zero-order chi connectivity index (χ0) is 17.6. The molecule has 4 heteroatoms. The zero-order valence-corrected chi connectivity index (χ0v) is 14.2. The van der Waals surface area contributed by atoms with Crippen LogP contribution in [0.5, 0.6) is 17.4 Å². The lowest BCUT2D eigenvalue weighted by molar-refractivity contribution is 0.101. The Morgan fingerprint density at radius 3 is 2.48 bits per heavy atom. The summed E-state index contributed by atoms with van der Waals surface area (Å²) in [6.07, 6.45) is 1.52. The summed E-state index contributed by atoms with van der Waals surface area (Å²) in [7, 11) is 0. The van der Waals surface area contributed by atoms with E-state index in [1.165, 1.54) is 13.1 Å². The number of pyridine rings is 1. The first kappa shape index (κ1) is 16.7. The van der Waals surface area contributed by atoms with Crippen LogP contribution in [0.15, 0.2) is 66.9 Å². The fraction of sp³-hybridized carbons (Fsp3) is 0.143. The van der Waals surface area contributed by atoms with E-state index in [-0.39, 0.29) is 5.78 Å². The molecule has 0 saturated carbocycles. The number of benzene rings is 2. The molecule has 0 radical (unpaired) electrons. The Morgan fingerprint density at radius 1 is 1.04 bits per heavy atom. The number of ether oxygens (including phenoxy) is 2. The smallest absolute Gasteiger partial charge is 0.219 e. The van der Waals surface area contributed by atoms with Crippen molar-refractivity contribution in [3.05, 3.63) is 83.6 Å². The van der Waals surface area contributed by atoms with E-state index in [1.807, 2.05) is 55.5 Å². The molecule has 126 valence electrons. The minimum Gasteiger partial charge on any atom is -0.489 e. The number of nitrogens with zero attached hydrogens (tertiary/aromatic N) is 1. The molecular formula is C21H19NO3. The molecule has 0 spiro atoms. The number of carbonyl (C=O) groups is 1. The van der Waals surface area contributed by atoms with E-state index in [0.29, 0.717) is 23.8 Å². The van der Waals surface area contributed by atoms with Gasteiger partial charge in [-0.25, -0.2) is 4.98 Å². The molecule has 0 aliphatic heterocycles. The molecular weight excluding hydrogens is 314 g/mol. The number of hydrogen-bond acceptors (Lipinski definition) is 4. The second-order valence-corrected chi connectivity index (χ2v) is 5.74. The number of Topliss-reactive ketones (excluding diaryl/α,β-unsaturated/α-hetero) is 1. The maximum Gasteiger partial charge on any atom is 0.219 e. The number of aromatic nitrogens is 1. The molecule has 0 atom stereocenters. The Kier molecular flexibility index (Phi) is 5.09. The molecule has 0 bridgehead atoms. The predicted molar refractivity (Wildman–Crippen MR) is 96.3 cm³/mol. The van der Waals surface area contributed by atoms with E-state index in [1.54, 1.807) is 12.1 Å². The maximum atomic E-state index is 11.3. The Labute approximate surface area is 147 Å². The minimum absolute atomic E-state index is 0.0187. The van der Waals surface area contributed by atoms with E-state index >= 15 is 0 Å². The molecule has 0 fully saturated rings. The number of ketones is 1. The molecule has 4 nitrogen and oxygen atoms in total. The largest absolute Gasteiger partial charge is 0.489 e. The normalized spacial score (nSPS) is 10.3. The number of hydrogen-bond donors (Lipinski definition) is 0. The van der Waals surface area contributed by atoms with Crippen LogP contribution in [0, 0.1) is 6.92 Å². The van der Waals surface area contributed by atoms with Gasteiger partial charge < -0.3 is 9.47 Å². The van der Waals surface area contributed by atoms with Crippen molar-refractivity contribution >= 4 is 5.78 Å². The average Bonchev–Trinajstić information content (AvgIpc) is 2.62. The first-order valence-corrected chi connectivity index (χ1v) is 8.04. The number of aryl methyl sites for hydroxylation is 1. The molecule has 3 aromatic rings. The summed E-state index contributed by atoms with van der Waals surface area (Å²) in [5.74, 6) is 1.92. The van der Waals surface area contributed by atoms with Crippen molar-refractivity contribution in [2.45, 2.75) is 20.5 Å². The summed E-state index contributed by atoms with van der Waals surface area (Å²) in [6.45, 7) is 4.00. The standard InChI is InChI=1S/C21H19NO3/c1-15-12-19(25-21-11-8-18(13-22-21)16(2)23)9-10-20(15)24-14-17-6-4-3-5-7-17/h3-13H,14H2,1-2H3. The zero-order valence-electron chi connectivity index (χ0n) is 14.2. The number of rotatable bonds is 6. The minimum atomic E-state index is -0.0187. The summed E-state index contributed by atoms with van der Waals surface area (Å²) in [6, 6.07) is 19.1. The van der Waals surface area contributed by atoms with Crippen molar-refractivity contribution in [3.63, 3.8) is 0 Å². The average molecular weight is 333 g/mol. The molecule has 0 unspecified atom stereocenters. The molecule has 2 aromatic carbocycles. The van der Waals surface area contributed by atoms with Gasteiger partial charge in [0.15, 0.2) is 5.78 Å². The summed E-state index contributed by atoms with van der Waals surface area (Å²) in [4.78, 5) is 15.4. The van der Waals surface area contributed by atoms with Crippen LogP contribution >= 0.6 is 0 Å². The van der Waals surface area contributed by atoms with Crippen molar-refractivity contribution in [1.82, 2.24) is 4.98 Å². The van der Waals surface area contributed by atoms with Gasteiger partial charge in [-0.05, 0) is 49.2 Å². The highest BCUT2D eigenvalue weighted by Gasteiger charge is 2.06. The van der Waals surface area contributed by atoms with Crippen LogP contribution < -0.4 is 9.47 Å². The van der Waals surface area contributed by atoms with Crippen molar-refractivity contribution in [1.29, 1.82) is 0 Å². The van der Waals surface area contributed by atoms with Gasteiger partial charge in [-0.1, -0.05) is 30.3 Å². The van der Waals surface area contributed by atoms with Crippen molar-refractivity contribution < 1.29 is 14.3 Å². The third kappa shape index (κ3) is 4.44. The maximum absolute atomic E-state index is 11.3. The molecule has 0 aliphatic carbocycles. The van der Waals surface area contributed by atoms with Crippen LogP contribution in [0.4, 0.5) is 0 Å². The Morgan fingerprint density at radius 2 is 1.84 bits per heavy atom. The summed E-state index contributed by atoms with van der Waals surface area (Å²) in [5.41, 5.74) is 2.67. The topological polar surface area (TPSA) is 48.4 Å². The SMILES string of the molecule is CC(=O)c1ccc(Oc2ccc(OCc3ccccc3)c(C)c2)nc1. The fourth-order valence-corrected chi connectivity index (χ4v) is 2.35. The molecule has 0 aliphatic rings.